The molecule has 0 saturated carbocycles. The van der Waals surface area contributed by atoms with Crippen molar-refractivity contribution in [3.63, 3.8) is 0 Å². The Balaban J connectivity index is 2.31. The van der Waals surface area contributed by atoms with Crippen LogP contribution in [0.25, 0.3) is 0 Å². The van der Waals surface area contributed by atoms with E-state index in [1.54, 1.807) is 6.92 Å². The highest BCUT2D eigenvalue weighted by Gasteiger charge is 2.45. The summed E-state index contributed by atoms with van der Waals surface area (Å²) >= 11 is 0. The summed E-state index contributed by atoms with van der Waals surface area (Å²) in [6.07, 6.45) is -2.46. The average molecular weight is 316 g/mol. The highest BCUT2D eigenvalue weighted by Crippen LogP contribution is 2.30. The first-order valence-corrected chi connectivity index (χ1v) is 6.86. The van der Waals surface area contributed by atoms with E-state index in [1.807, 2.05) is 0 Å². The first-order chi connectivity index (χ1) is 10.5. The Morgan fingerprint density at radius 2 is 2.14 bits per heavy atom. The molecular weight excluding hydrogens is 296 g/mol. The fourth-order valence-electron chi connectivity index (χ4n) is 2.32. The van der Waals surface area contributed by atoms with Gasteiger partial charge in [-0.1, -0.05) is 0 Å². The van der Waals surface area contributed by atoms with Crippen LogP contribution in [0.2, 0.25) is 0 Å². The van der Waals surface area contributed by atoms with Gasteiger partial charge in [0.25, 0.3) is 5.56 Å². The Kier molecular flexibility index (Phi) is 5.48. The van der Waals surface area contributed by atoms with Gasteiger partial charge in [-0.2, -0.15) is 0 Å². The van der Waals surface area contributed by atoms with Gasteiger partial charge < -0.3 is 24.4 Å². The molecule has 2 rings (SSSR count). The molecule has 1 aromatic rings. The normalized spacial score (nSPS) is 28.2. The van der Waals surface area contributed by atoms with E-state index < -0.39 is 42.4 Å². The summed E-state index contributed by atoms with van der Waals surface area (Å²) in [6, 6.07) is 0. The number of hydrogen-bond acceptors (Lipinski definition) is 7. The molecule has 0 aromatic carbocycles. The number of nitrogens with zero attached hydrogens (tertiary/aromatic N) is 1. The van der Waals surface area contributed by atoms with Gasteiger partial charge in [0.15, 0.2) is 6.23 Å². The SMILES string of the molecule is COCCO[C@@H]1[C@H](O)[C@@H](CO)O[C@@H]1n1cc(C)c(=O)[nH]c1=O. The van der Waals surface area contributed by atoms with Crippen molar-refractivity contribution in [2.45, 2.75) is 31.5 Å². The summed E-state index contributed by atoms with van der Waals surface area (Å²) in [5.74, 6) is 0. The molecule has 0 radical (unpaired) electrons. The number of methoxy groups -OCH3 is 1. The van der Waals surface area contributed by atoms with Crippen molar-refractivity contribution in [1.82, 2.24) is 9.55 Å². The van der Waals surface area contributed by atoms with Crippen molar-refractivity contribution in [3.05, 3.63) is 32.6 Å². The number of aromatic amines is 1. The molecule has 2 heterocycles. The predicted octanol–water partition coefficient (Wildman–Crippen LogP) is -1.87. The Hall–Kier alpha value is -1.52. The maximum absolute atomic E-state index is 12.0. The molecule has 9 heteroatoms. The lowest BCUT2D eigenvalue weighted by molar-refractivity contribution is -0.0820. The van der Waals surface area contributed by atoms with Crippen molar-refractivity contribution < 1.29 is 24.4 Å². The Labute approximate surface area is 126 Å². The highest BCUT2D eigenvalue weighted by molar-refractivity contribution is 5.03. The van der Waals surface area contributed by atoms with Crippen molar-refractivity contribution in [1.29, 1.82) is 0 Å². The number of aliphatic hydroxyl groups is 2. The standard InChI is InChI=1S/C13H20N2O7/c1-7-5-15(13(19)14-11(7)18)12-10(21-4-3-20-2)9(17)8(6-16)22-12/h5,8-10,12,16-17H,3-4,6H2,1-2H3,(H,14,18,19)/t8-,9-,10-,12+/m1/s1. The van der Waals surface area contributed by atoms with Crippen LogP contribution in [-0.4, -0.2) is 65.0 Å². The molecule has 0 spiro atoms. The van der Waals surface area contributed by atoms with E-state index in [1.165, 1.54) is 13.3 Å². The molecule has 1 aliphatic rings. The molecule has 1 aromatic heterocycles. The number of nitrogens with one attached hydrogen (secondary N) is 1. The summed E-state index contributed by atoms with van der Waals surface area (Å²) in [4.78, 5) is 25.6. The van der Waals surface area contributed by atoms with Crippen LogP contribution >= 0.6 is 0 Å². The lowest BCUT2D eigenvalue weighted by Gasteiger charge is -2.22. The second-order valence-electron chi connectivity index (χ2n) is 5.05. The molecule has 1 aliphatic heterocycles. The maximum atomic E-state index is 12.0. The highest BCUT2D eigenvalue weighted by atomic mass is 16.6. The van der Waals surface area contributed by atoms with Crippen molar-refractivity contribution in [2.75, 3.05) is 26.9 Å². The van der Waals surface area contributed by atoms with Gasteiger partial charge in [0.2, 0.25) is 0 Å². The van der Waals surface area contributed by atoms with E-state index in [2.05, 4.69) is 4.98 Å². The van der Waals surface area contributed by atoms with Crippen LogP contribution in [0, 0.1) is 6.92 Å². The topological polar surface area (TPSA) is 123 Å². The number of aromatic nitrogens is 2. The predicted molar refractivity (Wildman–Crippen MR) is 74.7 cm³/mol. The fourth-order valence-corrected chi connectivity index (χ4v) is 2.32. The third-order valence-electron chi connectivity index (χ3n) is 3.51. The summed E-state index contributed by atoms with van der Waals surface area (Å²) < 4.78 is 17.0. The van der Waals surface area contributed by atoms with Crippen LogP contribution in [-0.2, 0) is 14.2 Å². The van der Waals surface area contributed by atoms with Gasteiger partial charge in [-0.15, -0.1) is 0 Å². The molecule has 9 nitrogen and oxygen atoms in total. The zero-order valence-electron chi connectivity index (χ0n) is 12.4. The molecule has 0 unspecified atom stereocenters. The van der Waals surface area contributed by atoms with Crippen molar-refractivity contribution >= 4 is 0 Å². The van der Waals surface area contributed by atoms with Crippen LogP contribution in [0.5, 0.6) is 0 Å². The maximum Gasteiger partial charge on any atom is 0.330 e. The minimum absolute atomic E-state index is 0.188. The third kappa shape index (κ3) is 3.28. The Morgan fingerprint density at radius 1 is 1.41 bits per heavy atom. The average Bonchev–Trinajstić information content (AvgIpc) is 2.80. The van der Waals surface area contributed by atoms with E-state index in [0.29, 0.717) is 12.2 Å². The largest absolute Gasteiger partial charge is 0.394 e. The smallest absolute Gasteiger partial charge is 0.330 e. The Bertz CT molecular complexity index is 611. The van der Waals surface area contributed by atoms with Gasteiger partial charge in [0, 0.05) is 18.9 Å². The van der Waals surface area contributed by atoms with Crippen LogP contribution in [0.3, 0.4) is 0 Å². The van der Waals surface area contributed by atoms with Crippen molar-refractivity contribution in [3.8, 4) is 0 Å². The summed E-state index contributed by atoms with van der Waals surface area (Å²) in [5, 5.41) is 19.4. The quantitative estimate of drug-likeness (QED) is 0.525. The minimum Gasteiger partial charge on any atom is -0.394 e. The zero-order chi connectivity index (χ0) is 16.3. The molecule has 124 valence electrons. The van der Waals surface area contributed by atoms with E-state index in [4.69, 9.17) is 14.2 Å². The molecule has 4 atom stereocenters. The van der Waals surface area contributed by atoms with Gasteiger partial charge in [-0.25, -0.2) is 4.79 Å². The van der Waals surface area contributed by atoms with Crippen LogP contribution in [0.4, 0.5) is 0 Å². The second-order valence-corrected chi connectivity index (χ2v) is 5.05. The number of aryl methyl sites for hydroxylation is 1. The van der Waals surface area contributed by atoms with Gasteiger partial charge in [0.05, 0.1) is 19.8 Å². The molecule has 0 aliphatic carbocycles. The van der Waals surface area contributed by atoms with Crippen LogP contribution in [0.1, 0.15) is 11.8 Å². The Morgan fingerprint density at radius 3 is 2.77 bits per heavy atom. The lowest BCUT2D eigenvalue weighted by Crippen LogP contribution is -2.40. The first-order valence-electron chi connectivity index (χ1n) is 6.86. The molecule has 3 N–H and O–H groups in total. The van der Waals surface area contributed by atoms with Gasteiger partial charge in [0.1, 0.15) is 18.3 Å². The molecule has 22 heavy (non-hydrogen) atoms. The summed E-state index contributed by atoms with van der Waals surface area (Å²) in [7, 11) is 1.51. The number of rotatable bonds is 6. The van der Waals surface area contributed by atoms with E-state index in [9.17, 15) is 19.8 Å². The monoisotopic (exact) mass is 316 g/mol. The third-order valence-corrected chi connectivity index (χ3v) is 3.51. The van der Waals surface area contributed by atoms with Crippen LogP contribution in [0.15, 0.2) is 15.8 Å². The molecular formula is C13H20N2O7. The molecule has 0 amide bonds. The summed E-state index contributed by atoms with van der Waals surface area (Å²) in [6.45, 7) is 1.62. The van der Waals surface area contributed by atoms with E-state index >= 15 is 0 Å². The number of hydrogen-bond donors (Lipinski definition) is 3. The van der Waals surface area contributed by atoms with E-state index in [-0.39, 0.29) is 6.61 Å². The minimum atomic E-state index is -1.11. The van der Waals surface area contributed by atoms with Gasteiger partial charge in [-0.05, 0) is 6.92 Å². The van der Waals surface area contributed by atoms with Crippen LogP contribution < -0.4 is 11.2 Å². The van der Waals surface area contributed by atoms with Gasteiger partial charge >= 0.3 is 5.69 Å². The fraction of sp³-hybridized carbons (Fsp3) is 0.692. The molecule has 1 fully saturated rings. The molecule has 1 saturated heterocycles. The number of ether oxygens (including phenoxy) is 3. The number of H-pyrrole nitrogens is 1. The van der Waals surface area contributed by atoms with Gasteiger partial charge in [-0.3, -0.25) is 14.3 Å². The van der Waals surface area contributed by atoms with Crippen molar-refractivity contribution in [2.24, 2.45) is 0 Å². The second kappa shape index (κ2) is 7.16. The molecule has 0 bridgehead atoms. The van der Waals surface area contributed by atoms with E-state index in [0.717, 1.165) is 4.57 Å². The summed E-state index contributed by atoms with van der Waals surface area (Å²) in [5.41, 5.74) is -0.845. The number of aliphatic hydroxyl groups excluding tert-OH is 2. The lowest BCUT2D eigenvalue weighted by atomic mass is 10.1. The first kappa shape index (κ1) is 16.8. The zero-order valence-corrected chi connectivity index (χ0v) is 12.4.